The highest BCUT2D eigenvalue weighted by Gasteiger charge is 2.62. The van der Waals surface area contributed by atoms with Crippen molar-refractivity contribution >= 4 is 43.6 Å². The van der Waals surface area contributed by atoms with Crippen LogP contribution in [0.2, 0.25) is 19.6 Å². The minimum absolute atomic E-state index is 0.00593. The van der Waals surface area contributed by atoms with Gasteiger partial charge in [0.1, 0.15) is 19.3 Å². The number of esters is 2. The number of hydrogen-bond acceptors (Lipinski definition) is 12. The van der Waals surface area contributed by atoms with E-state index in [1.165, 1.54) is 0 Å². The van der Waals surface area contributed by atoms with Gasteiger partial charge < -0.3 is 38.5 Å². The van der Waals surface area contributed by atoms with E-state index in [0.717, 1.165) is 82.2 Å². The molecule has 2 aromatic rings. The smallest absolute Gasteiger partial charge is 0.434 e. The summed E-state index contributed by atoms with van der Waals surface area (Å²) in [6.07, 6.45) is -21.4. The molecule has 0 saturated carbocycles. The Morgan fingerprint density at radius 3 is 1.17 bits per heavy atom. The van der Waals surface area contributed by atoms with Gasteiger partial charge in [0.05, 0.1) is 11.8 Å². The molecule has 6 fully saturated rings. The minimum atomic E-state index is -5.76. The van der Waals surface area contributed by atoms with E-state index in [2.05, 4.69) is 78.2 Å². The molecule has 27 heteroatoms. The number of terminal acetylenes is 1. The zero-order valence-corrected chi connectivity index (χ0v) is 54.8. The fraction of sp³-hybridized carbons (Fsp3) is 0.692. The molecule has 2 aromatic carbocycles. The third-order valence-electron chi connectivity index (χ3n) is 17.8. The zero-order chi connectivity index (χ0) is 68.2. The number of benzene rings is 2. The Hall–Kier alpha value is -6.06. The lowest BCUT2D eigenvalue weighted by atomic mass is 9.84. The summed E-state index contributed by atoms with van der Waals surface area (Å²) in [4.78, 5) is 61.2. The first kappa shape index (κ1) is 73.3. The summed E-state index contributed by atoms with van der Waals surface area (Å²) in [5.74, 6) is 5.28. The number of hydrogen-bond donors (Lipinski definition) is 0. The molecule has 0 unspecified atom stereocenters. The third-order valence-corrected chi connectivity index (χ3v) is 18.7. The van der Waals surface area contributed by atoms with Gasteiger partial charge in [0, 0.05) is 99.0 Å². The molecule has 0 radical (unpaired) electrons. The van der Waals surface area contributed by atoms with E-state index in [4.69, 9.17) is 15.9 Å². The highest BCUT2D eigenvalue weighted by molar-refractivity contribution is 6.83. The molecule has 2 spiro atoms. The number of halogens is 12. The Labute approximate surface area is 532 Å². The number of amides is 2. The van der Waals surface area contributed by atoms with Crippen molar-refractivity contribution in [1.82, 2.24) is 19.6 Å². The van der Waals surface area contributed by atoms with Gasteiger partial charge >= 0.3 is 48.8 Å². The van der Waals surface area contributed by atoms with Gasteiger partial charge in [-0.05, 0) is 167 Å². The van der Waals surface area contributed by atoms with Gasteiger partial charge in [-0.15, -0.1) is 12.0 Å². The molecule has 0 aliphatic carbocycles. The van der Waals surface area contributed by atoms with Gasteiger partial charge in [0.2, 0.25) is 0 Å². The highest BCUT2D eigenvalue weighted by atomic mass is 28.3. The van der Waals surface area contributed by atoms with E-state index in [1.54, 1.807) is 0 Å². The summed E-state index contributed by atoms with van der Waals surface area (Å²) in [5, 5.41) is 0. The maximum atomic E-state index is 13.0. The number of carbonyl (C=O) groups excluding carboxylic acids is 4. The molecule has 6 saturated heterocycles. The number of rotatable bonds is 10. The van der Waals surface area contributed by atoms with Gasteiger partial charge in [-0.2, -0.15) is 52.7 Å². The van der Waals surface area contributed by atoms with E-state index < -0.39 is 68.4 Å². The quantitative estimate of drug-likeness (QED) is 0.0739. The van der Waals surface area contributed by atoms with E-state index in [9.17, 15) is 71.9 Å². The van der Waals surface area contributed by atoms with Gasteiger partial charge in [-0.1, -0.05) is 43.6 Å². The van der Waals surface area contributed by atoms with Crippen LogP contribution in [0.25, 0.3) is 0 Å². The lowest BCUT2D eigenvalue weighted by Crippen LogP contribution is -2.54. The second kappa shape index (κ2) is 28.5. The van der Waals surface area contributed by atoms with Crippen LogP contribution in [0, 0.1) is 35.6 Å². The first-order valence-corrected chi connectivity index (χ1v) is 34.9. The van der Waals surface area contributed by atoms with Crippen molar-refractivity contribution in [3.8, 4) is 23.8 Å². The molecule has 0 aromatic heterocycles. The molecular formula is C65H86F12N6O8Si. The number of nitrogens with zero attached hydrogens (tertiary/aromatic N) is 6. The van der Waals surface area contributed by atoms with Crippen molar-refractivity contribution in [1.29, 1.82) is 0 Å². The second-order valence-corrected chi connectivity index (χ2v) is 32.8. The van der Waals surface area contributed by atoms with Crippen molar-refractivity contribution in [3.05, 3.63) is 58.7 Å². The van der Waals surface area contributed by atoms with Crippen LogP contribution in [0.5, 0.6) is 0 Å². The van der Waals surface area contributed by atoms with Gasteiger partial charge in [0.15, 0.2) is 0 Å². The van der Waals surface area contributed by atoms with Crippen molar-refractivity contribution in [2.24, 2.45) is 11.8 Å². The van der Waals surface area contributed by atoms with Crippen LogP contribution in [0.15, 0.2) is 36.4 Å². The third kappa shape index (κ3) is 19.5. The van der Waals surface area contributed by atoms with E-state index in [1.807, 2.05) is 65.8 Å². The van der Waals surface area contributed by atoms with Crippen molar-refractivity contribution in [2.75, 3.05) is 75.2 Å². The molecule has 512 valence electrons. The summed E-state index contributed by atoms with van der Waals surface area (Å²) in [6.45, 7) is 22.9. The molecular weight excluding hydrogens is 1250 g/mol. The predicted octanol–water partition coefficient (Wildman–Crippen LogP) is 13.8. The summed E-state index contributed by atoms with van der Waals surface area (Å²) in [5.41, 5.74) is 7.35. The number of anilines is 2. The highest BCUT2D eigenvalue weighted by Crippen LogP contribution is 2.45. The van der Waals surface area contributed by atoms with Gasteiger partial charge in [0.25, 0.3) is 12.2 Å². The number of piperidine rings is 4. The molecule has 0 N–H and O–H groups in total. The fourth-order valence-electron chi connectivity index (χ4n) is 13.1. The molecule has 2 amide bonds. The maximum absolute atomic E-state index is 13.0. The molecule has 92 heavy (non-hydrogen) atoms. The molecule has 14 nitrogen and oxygen atoms in total. The SMILES string of the molecule is C#Cc1ccc(CN2CCCC23CCN(C(=O)OC(C(F)(F)F)C(F)(F)F)CC3)c(N2CCC(C(=O)OC(C)(C)C)CC2)c1.CC(C)(C)OC(=O)C1CCN(c2cc(C#C[Si](C)(C)C)ccc2CN2CCCC23CCN(C(=O)OC(C(F)(F)F)C(F)(F)F)CC3)CC1. The van der Waals surface area contributed by atoms with Crippen molar-refractivity contribution in [3.63, 3.8) is 0 Å². The van der Waals surface area contributed by atoms with E-state index in [0.29, 0.717) is 90.6 Å². The molecule has 6 aliphatic heterocycles. The zero-order valence-electron chi connectivity index (χ0n) is 53.8. The summed E-state index contributed by atoms with van der Waals surface area (Å²) in [7, 11) is -1.63. The lowest BCUT2D eigenvalue weighted by molar-refractivity contribution is -0.309. The molecule has 6 aliphatic rings. The van der Waals surface area contributed by atoms with Crippen LogP contribution >= 0.6 is 0 Å². The number of alkyl halides is 12. The van der Waals surface area contributed by atoms with Crippen LogP contribution in [0.1, 0.15) is 141 Å². The maximum Gasteiger partial charge on any atom is 0.434 e. The van der Waals surface area contributed by atoms with Crippen molar-refractivity contribution in [2.45, 2.75) is 211 Å². The number of carbonyl (C=O) groups is 4. The van der Waals surface area contributed by atoms with Crippen LogP contribution in [-0.2, 0) is 41.6 Å². The molecule has 8 rings (SSSR count). The molecule has 0 bridgehead atoms. The van der Waals surface area contributed by atoms with Crippen LogP contribution in [0.3, 0.4) is 0 Å². The molecule has 0 atom stereocenters. The van der Waals surface area contributed by atoms with Gasteiger partial charge in [-0.3, -0.25) is 19.4 Å². The normalized spacial score (nSPS) is 20.0. The topological polar surface area (TPSA) is 125 Å². The largest absolute Gasteiger partial charge is 0.460 e. The van der Waals surface area contributed by atoms with Gasteiger partial charge in [-0.25, -0.2) is 9.59 Å². The summed E-state index contributed by atoms with van der Waals surface area (Å²) >= 11 is 0. The first-order valence-electron chi connectivity index (χ1n) is 31.4. The van der Waals surface area contributed by atoms with E-state index >= 15 is 0 Å². The Bertz CT molecular complexity index is 2990. The van der Waals surface area contributed by atoms with Crippen LogP contribution < -0.4 is 9.80 Å². The Morgan fingerprint density at radius 1 is 0.522 bits per heavy atom. The van der Waals surface area contributed by atoms with Crippen LogP contribution in [0.4, 0.5) is 73.6 Å². The number of likely N-dealkylation sites (tertiary alicyclic amines) is 4. The lowest BCUT2D eigenvalue weighted by Gasteiger charge is -2.45. The first-order chi connectivity index (χ1) is 42.5. The average Bonchev–Trinajstić information content (AvgIpc) is 1.66. The standard InChI is InChI=1S/C34H47F6N3O4Si.C31H39F6N3O4/c1-31(2,3)47-28(44)25-10-17-41(18-11-25)27-22-24(12-21-48(4,5)6)8-9-26(27)23-43-16-7-13-32(43)14-19-42(20-15-32)30(45)46-29(33(35,36)37)34(38,39)40;1-5-21-7-8-23(24(19-21)38-15-9-22(10-16-38)25(41)44-28(2,3)4)20-40-14-6-11-29(40)12-17-39(18-13-29)27(42)43-26(30(32,33)34)31(35,36)37/h8-9,22,25,29H,7,10-11,13-20,23H2,1-6H3;1,7-8,19,22,26H,6,9-18,20H2,2-4H3. The fourth-order valence-corrected chi connectivity index (χ4v) is 13.6. The monoisotopic (exact) mass is 1330 g/mol. The predicted molar refractivity (Wildman–Crippen MR) is 324 cm³/mol. The Kier molecular flexibility index (Phi) is 22.7. The second-order valence-electron chi connectivity index (χ2n) is 28.1. The van der Waals surface area contributed by atoms with Crippen molar-refractivity contribution < 1.29 is 90.8 Å². The number of ether oxygens (including phenoxy) is 4. The summed E-state index contributed by atoms with van der Waals surface area (Å²) < 4.78 is 175. The molecule has 6 heterocycles. The summed E-state index contributed by atoms with van der Waals surface area (Å²) in [6, 6.07) is 12.0. The Balaban J connectivity index is 0.000000262. The Morgan fingerprint density at radius 2 is 0.859 bits per heavy atom. The minimum Gasteiger partial charge on any atom is -0.460 e. The van der Waals surface area contributed by atoms with E-state index in [-0.39, 0.29) is 61.0 Å². The average molecular weight is 1340 g/mol. The van der Waals surface area contributed by atoms with Crippen LogP contribution in [-0.4, -0.2) is 176 Å².